The summed E-state index contributed by atoms with van der Waals surface area (Å²) < 4.78 is 18.7. The molecule has 1 aromatic heterocycles. The number of urea groups is 1. The molecule has 7 heteroatoms. The Bertz CT molecular complexity index is 682. The predicted octanol–water partition coefficient (Wildman–Crippen LogP) is 2.76. The van der Waals surface area contributed by atoms with Crippen molar-refractivity contribution in [1.82, 2.24) is 15.5 Å². The van der Waals surface area contributed by atoms with Crippen molar-refractivity contribution in [1.29, 1.82) is 0 Å². The number of nitrogens with one attached hydrogen (secondary N) is 2. The molecule has 2 amide bonds. The number of rotatable bonds is 5. The van der Waals surface area contributed by atoms with Gasteiger partial charge in [0.2, 0.25) is 5.89 Å². The van der Waals surface area contributed by atoms with Gasteiger partial charge in [-0.2, -0.15) is 4.98 Å². The van der Waals surface area contributed by atoms with Crippen LogP contribution < -0.4 is 10.6 Å². The number of aryl methyl sites for hydroxylation is 1. The molecule has 116 valence electrons. The Morgan fingerprint density at radius 2 is 2.27 bits per heavy atom. The quantitative estimate of drug-likeness (QED) is 0.890. The molecule has 1 aromatic carbocycles. The number of anilines is 1. The number of amides is 2. The summed E-state index contributed by atoms with van der Waals surface area (Å²) in [5.74, 6) is 1.24. The number of benzene rings is 1. The third kappa shape index (κ3) is 3.60. The summed E-state index contributed by atoms with van der Waals surface area (Å²) in [5.41, 5.74) is 0.947. The SMILES string of the molecule is Cc1ccc(NC(=O)NCCc2nc(C3CC3)no2)c(F)c1. The van der Waals surface area contributed by atoms with E-state index in [1.165, 1.54) is 12.1 Å². The number of carbonyl (C=O) groups excluding carboxylic acids is 1. The third-order valence-electron chi connectivity index (χ3n) is 3.42. The lowest BCUT2D eigenvalue weighted by atomic mass is 10.2. The minimum absolute atomic E-state index is 0.150. The van der Waals surface area contributed by atoms with Crippen LogP contribution in [0.25, 0.3) is 0 Å². The van der Waals surface area contributed by atoms with Crippen molar-refractivity contribution >= 4 is 11.7 Å². The first-order chi connectivity index (χ1) is 10.6. The maximum Gasteiger partial charge on any atom is 0.319 e. The molecular formula is C15H17FN4O2. The second kappa shape index (κ2) is 6.13. The molecule has 3 rings (SSSR count). The summed E-state index contributed by atoms with van der Waals surface area (Å²) in [6, 6.07) is 4.17. The van der Waals surface area contributed by atoms with Gasteiger partial charge in [0.15, 0.2) is 5.82 Å². The molecule has 2 aromatic rings. The highest BCUT2D eigenvalue weighted by Gasteiger charge is 2.28. The molecule has 1 aliphatic rings. The first-order valence-corrected chi connectivity index (χ1v) is 7.25. The monoisotopic (exact) mass is 304 g/mol. The lowest BCUT2D eigenvalue weighted by Gasteiger charge is -2.08. The van der Waals surface area contributed by atoms with E-state index in [0.717, 1.165) is 24.2 Å². The Morgan fingerprint density at radius 1 is 1.45 bits per heavy atom. The second-order valence-electron chi connectivity index (χ2n) is 5.43. The standard InChI is InChI=1S/C15H17FN4O2/c1-9-2-5-12(11(16)8-9)18-15(21)17-7-6-13-19-14(20-22-13)10-3-4-10/h2,5,8,10H,3-4,6-7H2,1H3,(H2,17,18,21). The van der Waals surface area contributed by atoms with E-state index in [9.17, 15) is 9.18 Å². The number of hydrogen-bond donors (Lipinski definition) is 2. The Morgan fingerprint density at radius 3 is 3.00 bits per heavy atom. The van der Waals surface area contributed by atoms with Crippen LogP contribution in [-0.2, 0) is 6.42 Å². The second-order valence-corrected chi connectivity index (χ2v) is 5.43. The molecule has 22 heavy (non-hydrogen) atoms. The van der Waals surface area contributed by atoms with E-state index in [-0.39, 0.29) is 5.69 Å². The summed E-state index contributed by atoms with van der Waals surface area (Å²) in [5, 5.41) is 9.00. The molecule has 0 radical (unpaired) electrons. The van der Waals surface area contributed by atoms with Gasteiger partial charge in [0.05, 0.1) is 5.69 Å². The van der Waals surface area contributed by atoms with Crippen LogP contribution in [0.5, 0.6) is 0 Å². The van der Waals surface area contributed by atoms with E-state index in [2.05, 4.69) is 20.8 Å². The average molecular weight is 304 g/mol. The van der Waals surface area contributed by atoms with Gasteiger partial charge in [0.25, 0.3) is 0 Å². The number of aromatic nitrogens is 2. The fourth-order valence-electron chi connectivity index (χ4n) is 2.05. The van der Waals surface area contributed by atoms with Crippen LogP contribution in [0.15, 0.2) is 22.7 Å². The zero-order valence-electron chi connectivity index (χ0n) is 12.2. The number of halogens is 1. The van der Waals surface area contributed by atoms with E-state index >= 15 is 0 Å². The normalized spacial score (nSPS) is 13.9. The summed E-state index contributed by atoms with van der Waals surface area (Å²) in [4.78, 5) is 16.0. The van der Waals surface area contributed by atoms with Crippen molar-refractivity contribution < 1.29 is 13.7 Å². The molecule has 2 N–H and O–H groups in total. The first-order valence-electron chi connectivity index (χ1n) is 7.25. The fraction of sp³-hybridized carbons (Fsp3) is 0.400. The molecule has 6 nitrogen and oxygen atoms in total. The molecule has 1 saturated carbocycles. The van der Waals surface area contributed by atoms with E-state index in [1.807, 2.05) is 0 Å². The first kappa shape index (κ1) is 14.5. The maximum absolute atomic E-state index is 13.6. The Labute approximate surface area is 127 Å². The highest BCUT2D eigenvalue weighted by atomic mass is 19.1. The van der Waals surface area contributed by atoms with Crippen molar-refractivity contribution in [3.63, 3.8) is 0 Å². The van der Waals surface area contributed by atoms with Crippen LogP contribution in [0.1, 0.15) is 36.0 Å². The largest absolute Gasteiger partial charge is 0.339 e. The summed E-state index contributed by atoms with van der Waals surface area (Å²) in [6.45, 7) is 2.12. The van der Waals surface area contributed by atoms with Gasteiger partial charge in [-0.05, 0) is 37.5 Å². The van der Waals surface area contributed by atoms with Crippen molar-refractivity contribution in [2.75, 3.05) is 11.9 Å². The Hall–Kier alpha value is -2.44. The Kier molecular flexibility index (Phi) is 4.04. The van der Waals surface area contributed by atoms with Gasteiger partial charge in [0.1, 0.15) is 5.82 Å². The average Bonchev–Trinajstić information content (AvgIpc) is 3.22. The van der Waals surface area contributed by atoms with Gasteiger partial charge in [-0.1, -0.05) is 11.2 Å². The fourth-order valence-corrected chi connectivity index (χ4v) is 2.05. The van der Waals surface area contributed by atoms with Crippen LogP contribution in [0.3, 0.4) is 0 Å². The van der Waals surface area contributed by atoms with E-state index in [1.54, 1.807) is 13.0 Å². The third-order valence-corrected chi connectivity index (χ3v) is 3.42. The number of carbonyl (C=O) groups is 1. The van der Waals surface area contributed by atoms with Gasteiger partial charge in [-0.3, -0.25) is 0 Å². The predicted molar refractivity (Wildman–Crippen MR) is 78.1 cm³/mol. The lowest BCUT2D eigenvalue weighted by molar-refractivity contribution is 0.251. The molecule has 0 unspecified atom stereocenters. The number of nitrogens with zero attached hydrogens (tertiary/aromatic N) is 2. The zero-order valence-corrected chi connectivity index (χ0v) is 12.2. The molecule has 0 saturated heterocycles. The van der Waals surface area contributed by atoms with Gasteiger partial charge >= 0.3 is 6.03 Å². The van der Waals surface area contributed by atoms with Crippen LogP contribution in [0, 0.1) is 12.7 Å². The molecule has 0 spiro atoms. The minimum Gasteiger partial charge on any atom is -0.339 e. The summed E-state index contributed by atoms with van der Waals surface area (Å²) >= 11 is 0. The molecule has 1 fully saturated rings. The molecule has 1 heterocycles. The highest BCUT2D eigenvalue weighted by molar-refractivity contribution is 5.89. The molecule has 0 atom stereocenters. The molecule has 0 aliphatic heterocycles. The Balaban J connectivity index is 1.45. The molecular weight excluding hydrogens is 287 g/mol. The van der Waals surface area contributed by atoms with Crippen molar-refractivity contribution in [2.45, 2.75) is 32.1 Å². The van der Waals surface area contributed by atoms with Crippen molar-refractivity contribution in [3.8, 4) is 0 Å². The van der Waals surface area contributed by atoms with Crippen molar-refractivity contribution in [2.24, 2.45) is 0 Å². The summed E-state index contributed by atoms with van der Waals surface area (Å²) in [6.07, 6.45) is 2.67. The van der Waals surface area contributed by atoms with Gasteiger partial charge in [-0.15, -0.1) is 0 Å². The van der Waals surface area contributed by atoms with Gasteiger partial charge in [-0.25, -0.2) is 9.18 Å². The van der Waals surface area contributed by atoms with Crippen LogP contribution >= 0.6 is 0 Å². The molecule has 1 aliphatic carbocycles. The maximum atomic E-state index is 13.6. The van der Waals surface area contributed by atoms with Crippen LogP contribution in [0.4, 0.5) is 14.9 Å². The van der Waals surface area contributed by atoms with Gasteiger partial charge < -0.3 is 15.2 Å². The smallest absolute Gasteiger partial charge is 0.319 e. The minimum atomic E-state index is -0.468. The van der Waals surface area contributed by atoms with Crippen LogP contribution in [0.2, 0.25) is 0 Å². The van der Waals surface area contributed by atoms with Crippen molar-refractivity contribution in [3.05, 3.63) is 41.3 Å². The highest BCUT2D eigenvalue weighted by Crippen LogP contribution is 2.38. The lowest BCUT2D eigenvalue weighted by Crippen LogP contribution is -2.30. The zero-order chi connectivity index (χ0) is 15.5. The topological polar surface area (TPSA) is 80.0 Å². The summed E-state index contributed by atoms with van der Waals surface area (Å²) in [7, 11) is 0. The van der Waals surface area contributed by atoms with E-state index in [0.29, 0.717) is 24.8 Å². The van der Waals surface area contributed by atoms with Gasteiger partial charge in [0, 0.05) is 18.9 Å². The number of hydrogen-bond acceptors (Lipinski definition) is 4. The van der Waals surface area contributed by atoms with E-state index < -0.39 is 11.8 Å². The van der Waals surface area contributed by atoms with E-state index in [4.69, 9.17) is 4.52 Å². The van der Waals surface area contributed by atoms with Crippen LogP contribution in [-0.4, -0.2) is 22.7 Å². The molecule has 0 bridgehead atoms.